The van der Waals surface area contributed by atoms with E-state index in [4.69, 9.17) is 4.42 Å². The molecule has 7 heteroatoms. The molecule has 3 heterocycles. The Hall–Kier alpha value is -3.48. The van der Waals surface area contributed by atoms with Gasteiger partial charge in [0.25, 0.3) is 11.8 Å². The predicted molar refractivity (Wildman–Crippen MR) is 99.0 cm³/mol. The molecule has 0 bridgehead atoms. The van der Waals surface area contributed by atoms with Crippen molar-refractivity contribution in [1.29, 1.82) is 0 Å². The number of nitrogens with one attached hydrogen (secondary N) is 1. The number of hydrogen-bond donors (Lipinski definition) is 1. The fraction of sp³-hybridized carbons (Fsp3) is 0.200. The summed E-state index contributed by atoms with van der Waals surface area (Å²) in [7, 11) is 1.73. The van der Waals surface area contributed by atoms with Gasteiger partial charge >= 0.3 is 0 Å². The number of aromatic nitrogens is 2. The van der Waals surface area contributed by atoms with Gasteiger partial charge in [-0.3, -0.25) is 19.6 Å². The van der Waals surface area contributed by atoms with E-state index in [1.807, 2.05) is 12.1 Å². The molecule has 0 aliphatic carbocycles. The van der Waals surface area contributed by atoms with Crippen LogP contribution in [0.25, 0.3) is 0 Å². The Morgan fingerprint density at radius 2 is 1.89 bits per heavy atom. The maximum atomic E-state index is 12.6. The summed E-state index contributed by atoms with van der Waals surface area (Å²) in [5, 5.41) is 2.74. The first kappa shape index (κ1) is 18.3. The number of pyridine rings is 2. The van der Waals surface area contributed by atoms with E-state index in [1.165, 1.54) is 12.4 Å². The van der Waals surface area contributed by atoms with Gasteiger partial charge in [0, 0.05) is 38.4 Å². The van der Waals surface area contributed by atoms with Crippen molar-refractivity contribution in [1.82, 2.24) is 20.2 Å². The van der Waals surface area contributed by atoms with Crippen LogP contribution in [0.2, 0.25) is 0 Å². The van der Waals surface area contributed by atoms with Gasteiger partial charge in [0.2, 0.25) is 0 Å². The Morgan fingerprint density at radius 3 is 2.63 bits per heavy atom. The smallest absolute Gasteiger partial charge is 0.255 e. The number of amides is 2. The van der Waals surface area contributed by atoms with Gasteiger partial charge < -0.3 is 14.6 Å². The number of furan rings is 1. The van der Waals surface area contributed by atoms with Crippen molar-refractivity contribution < 1.29 is 14.0 Å². The maximum Gasteiger partial charge on any atom is 0.255 e. The Bertz CT molecular complexity index is 895. The molecule has 3 aromatic rings. The predicted octanol–water partition coefficient (Wildman–Crippen LogP) is 2.31. The van der Waals surface area contributed by atoms with E-state index in [2.05, 4.69) is 15.3 Å². The summed E-state index contributed by atoms with van der Waals surface area (Å²) in [6.07, 6.45) is 8.63. The molecule has 2 amide bonds. The first-order valence-corrected chi connectivity index (χ1v) is 8.53. The number of hydrogen-bond acceptors (Lipinski definition) is 5. The first-order valence-electron chi connectivity index (χ1n) is 8.53. The minimum atomic E-state index is -0.312. The monoisotopic (exact) mass is 364 g/mol. The highest BCUT2D eigenvalue weighted by molar-refractivity contribution is 5.99. The third-order valence-corrected chi connectivity index (χ3v) is 4.08. The number of nitrogens with zero attached hydrogens (tertiary/aromatic N) is 3. The van der Waals surface area contributed by atoms with Crippen LogP contribution in [-0.4, -0.2) is 40.3 Å². The van der Waals surface area contributed by atoms with Crippen molar-refractivity contribution in [3.05, 3.63) is 83.8 Å². The summed E-state index contributed by atoms with van der Waals surface area (Å²) in [5.74, 6) is 0.157. The van der Waals surface area contributed by atoms with Crippen LogP contribution < -0.4 is 5.32 Å². The number of likely N-dealkylation sites (N-methyl/N-ethyl adjacent to an activating group) is 1. The van der Waals surface area contributed by atoms with Gasteiger partial charge in [0.1, 0.15) is 5.76 Å². The van der Waals surface area contributed by atoms with Crippen molar-refractivity contribution in [2.45, 2.75) is 13.0 Å². The normalized spacial score (nSPS) is 10.4. The van der Waals surface area contributed by atoms with Crippen LogP contribution in [0.15, 0.2) is 65.8 Å². The molecule has 0 saturated carbocycles. The van der Waals surface area contributed by atoms with Crippen molar-refractivity contribution in [2.24, 2.45) is 0 Å². The Balaban J connectivity index is 1.59. The lowest BCUT2D eigenvalue weighted by molar-refractivity contribution is 0.0796. The van der Waals surface area contributed by atoms with Crippen LogP contribution in [0.3, 0.4) is 0 Å². The third kappa shape index (κ3) is 5.01. The number of carbonyl (C=O) groups excluding carboxylic acids is 2. The summed E-state index contributed by atoms with van der Waals surface area (Å²) < 4.78 is 5.18. The van der Waals surface area contributed by atoms with Gasteiger partial charge in [-0.2, -0.15) is 0 Å². The van der Waals surface area contributed by atoms with Crippen molar-refractivity contribution >= 4 is 11.8 Å². The second-order valence-electron chi connectivity index (χ2n) is 6.06. The lowest BCUT2D eigenvalue weighted by atomic mass is 10.1. The Morgan fingerprint density at radius 1 is 1.11 bits per heavy atom. The number of carbonyl (C=O) groups is 2. The second-order valence-corrected chi connectivity index (χ2v) is 6.06. The van der Waals surface area contributed by atoms with E-state index < -0.39 is 0 Å². The van der Waals surface area contributed by atoms with Crippen LogP contribution in [0, 0.1) is 0 Å². The van der Waals surface area contributed by atoms with E-state index in [0.29, 0.717) is 23.4 Å². The third-order valence-electron chi connectivity index (χ3n) is 4.08. The quantitative estimate of drug-likeness (QED) is 0.695. The highest BCUT2D eigenvalue weighted by Crippen LogP contribution is 2.08. The molecule has 0 unspecified atom stereocenters. The summed E-state index contributed by atoms with van der Waals surface area (Å²) in [6, 6.07) is 8.92. The molecule has 0 fully saturated rings. The SMILES string of the molecule is CN(CCc1ccncc1)C(=O)c1cncc(C(=O)NCc2ccco2)c1. The van der Waals surface area contributed by atoms with Crippen molar-refractivity contribution in [3.8, 4) is 0 Å². The molecule has 0 aliphatic rings. The lowest BCUT2D eigenvalue weighted by Crippen LogP contribution is -2.29. The summed E-state index contributed by atoms with van der Waals surface area (Å²) >= 11 is 0. The molecule has 0 aromatic carbocycles. The van der Waals surface area contributed by atoms with Crippen LogP contribution >= 0.6 is 0 Å². The highest BCUT2D eigenvalue weighted by atomic mass is 16.3. The van der Waals surface area contributed by atoms with Crippen molar-refractivity contribution in [3.63, 3.8) is 0 Å². The summed E-state index contributed by atoms with van der Waals surface area (Å²) in [6.45, 7) is 0.827. The lowest BCUT2D eigenvalue weighted by Gasteiger charge is -2.17. The fourth-order valence-corrected chi connectivity index (χ4v) is 2.53. The zero-order valence-corrected chi connectivity index (χ0v) is 15.0. The zero-order chi connectivity index (χ0) is 19.1. The molecule has 0 saturated heterocycles. The van der Waals surface area contributed by atoms with Gasteiger partial charge in [-0.25, -0.2) is 0 Å². The maximum absolute atomic E-state index is 12.6. The standard InChI is InChI=1S/C20H20N4O3/c1-24(9-6-15-4-7-21-8-5-15)20(26)17-11-16(12-22-13-17)19(25)23-14-18-3-2-10-27-18/h2-5,7-8,10-13H,6,9,14H2,1H3,(H,23,25). The van der Waals surface area contributed by atoms with Crippen LogP contribution in [-0.2, 0) is 13.0 Å². The topological polar surface area (TPSA) is 88.3 Å². The van der Waals surface area contributed by atoms with E-state index in [-0.39, 0.29) is 18.4 Å². The fourth-order valence-electron chi connectivity index (χ4n) is 2.53. The molecule has 7 nitrogen and oxygen atoms in total. The van der Waals surface area contributed by atoms with Crippen LogP contribution in [0.5, 0.6) is 0 Å². The minimum absolute atomic E-state index is 0.183. The highest BCUT2D eigenvalue weighted by Gasteiger charge is 2.15. The van der Waals surface area contributed by atoms with E-state index >= 15 is 0 Å². The molecule has 27 heavy (non-hydrogen) atoms. The van der Waals surface area contributed by atoms with Gasteiger partial charge in [-0.1, -0.05) is 0 Å². The van der Waals surface area contributed by atoms with Gasteiger partial charge in [-0.15, -0.1) is 0 Å². The molecule has 138 valence electrons. The molecule has 0 atom stereocenters. The van der Waals surface area contributed by atoms with Gasteiger partial charge in [-0.05, 0) is 42.3 Å². The van der Waals surface area contributed by atoms with Crippen LogP contribution in [0.1, 0.15) is 32.0 Å². The van der Waals surface area contributed by atoms with E-state index in [9.17, 15) is 9.59 Å². The molecular formula is C20H20N4O3. The molecule has 3 aromatic heterocycles. The average Bonchev–Trinajstić information content (AvgIpc) is 3.24. The van der Waals surface area contributed by atoms with Gasteiger partial charge in [0.15, 0.2) is 0 Å². The largest absolute Gasteiger partial charge is 0.467 e. The average molecular weight is 364 g/mol. The van der Waals surface area contributed by atoms with Crippen LogP contribution in [0.4, 0.5) is 0 Å². The summed E-state index contributed by atoms with van der Waals surface area (Å²) in [5.41, 5.74) is 1.81. The molecule has 0 spiro atoms. The second kappa shape index (κ2) is 8.75. The number of rotatable bonds is 7. The Kier molecular flexibility index (Phi) is 5.94. The van der Waals surface area contributed by atoms with Crippen molar-refractivity contribution in [2.75, 3.05) is 13.6 Å². The molecule has 1 N–H and O–H groups in total. The van der Waals surface area contributed by atoms with E-state index in [0.717, 1.165) is 12.0 Å². The molecule has 3 rings (SSSR count). The first-order chi connectivity index (χ1) is 13.1. The molecule has 0 aliphatic heterocycles. The minimum Gasteiger partial charge on any atom is -0.467 e. The Labute approximate surface area is 157 Å². The zero-order valence-electron chi connectivity index (χ0n) is 15.0. The molecular weight excluding hydrogens is 344 g/mol. The van der Waals surface area contributed by atoms with E-state index in [1.54, 1.807) is 48.8 Å². The summed E-state index contributed by atoms with van der Waals surface area (Å²) in [4.78, 5) is 34.5. The van der Waals surface area contributed by atoms with Gasteiger partial charge in [0.05, 0.1) is 23.9 Å². The molecule has 0 radical (unpaired) electrons.